The SMILES string of the molecule is O=C1c2ccccc2-c2nc(-c3ccccc3C(F)(F)F)cc(-c3ccccc3)c21. The molecule has 5 rings (SSSR count). The molecule has 0 amide bonds. The van der Waals surface area contributed by atoms with Gasteiger partial charge in [0.2, 0.25) is 0 Å². The van der Waals surface area contributed by atoms with Crippen molar-refractivity contribution in [3.8, 4) is 33.6 Å². The fourth-order valence-electron chi connectivity index (χ4n) is 3.93. The maximum absolute atomic E-state index is 13.7. The third-order valence-electron chi connectivity index (χ3n) is 5.27. The van der Waals surface area contributed by atoms with Gasteiger partial charge in [-0.1, -0.05) is 72.8 Å². The van der Waals surface area contributed by atoms with Crippen molar-refractivity contribution in [3.05, 3.63) is 102 Å². The highest BCUT2D eigenvalue weighted by Crippen LogP contribution is 2.44. The smallest absolute Gasteiger partial charge is 0.288 e. The highest BCUT2D eigenvalue weighted by Gasteiger charge is 2.36. The fourth-order valence-corrected chi connectivity index (χ4v) is 3.93. The summed E-state index contributed by atoms with van der Waals surface area (Å²) in [5.41, 5.74) is 2.75. The van der Waals surface area contributed by atoms with E-state index < -0.39 is 11.7 Å². The second kappa shape index (κ2) is 6.66. The van der Waals surface area contributed by atoms with E-state index in [-0.39, 0.29) is 17.0 Å². The molecular formula is C25H14F3NO. The zero-order valence-electron chi connectivity index (χ0n) is 15.6. The monoisotopic (exact) mass is 401 g/mol. The minimum atomic E-state index is -4.52. The van der Waals surface area contributed by atoms with Gasteiger partial charge in [-0.15, -0.1) is 0 Å². The molecule has 1 heterocycles. The van der Waals surface area contributed by atoms with Crippen molar-refractivity contribution in [1.82, 2.24) is 4.98 Å². The number of pyridine rings is 1. The number of halogens is 3. The summed E-state index contributed by atoms with van der Waals surface area (Å²) < 4.78 is 41.0. The number of hydrogen-bond acceptors (Lipinski definition) is 2. The highest BCUT2D eigenvalue weighted by molar-refractivity contribution is 6.24. The molecule has 30 heavy (non-hydrogen) atoms. The van der Waals surface area contributed by atoms with Crippen LogP contribution in [0.4, 0.5) is 13.2 Å². The van der Waals surface area contributed by atoms with E-state index in [1.807, 2.05) is 30.3 Å². The quantitative estimate of drug-likeness (QED) is 0.332. The third kappa shape index (κ3) is 2.82. The summed E-state index contributed by atoms with van der Waals surface area (Å²) in [5, 5.41) is 0. The summed E-state index contributed by atoms with van der Waals surface area (Å²) in [6.45, 7) is 0. The van der Waals surface area contributed by atoms with Gasteiger partial charge >= 0.3 is 6.18 Å². The molecular weight excluding hydrogens is 387 g/mol. The summed E-state index contributed by atoms with van der Waals surface area (Å²) >= 11 is 0. The largest absolute Gasteiger partial charge is 0.417 e. The van der Waals surface area contributed by atoms with E-state index >= 15 is 0 Å². The average molecular weight is 401 g/mol. The first-order chi connectivity index (χ1) is 14.4. The summed E-state index contributed by atoms with van der Waals surface area (Å²) in [4.78, 5) is 17.7. The molecule has 4 aromatic rings. The minimum absolute atomic E-state index is 0.0122. The standard InChI is InChI=1S/C25H14F3NO/c26-25(27,28)20-13-7-6-12-18(20)21-14-19(15-8-2-1-3-9-15)22-23(29-21)16-10-4-5-11-17(16)24(22)30/h1-14H. The Labute approximate surface area is 170 Å². The van der Waals surface area contributed by atoms with Crippen molar-refractivity contribution in [2.75, 3.05) is 0 Å². The van der Waals surface area contributed by atoms with E-state index in [2.05, 4.69) is 4.98 Å². The Morgan fingerprint density at radius 3 is 1.97 bits per heavy atom. The van der Waals surface area contributed by atoms with Crippen molar-refractivity contribution >= 4 is 5.78 Å². The van der Waals surface area contributed by atoms with Crippen LogP contribution in [0.5, 0.6) is 0 Å². The van der Waals surface area contributed by atoms with Crippen LogP contribution in [-0.4, -0.2) is 10.8 Å². The summed E-state index contributed by atoms with van der Waals surface area (Å²) in [6, 6.07) is 23.2. The molecule has 0 saturated carbocycles. The van der Waals surface area contributed by atoms with Gasteiger partial charge in [-0.05, 0) is 23.3 Å². The molecule has 0 fully saturated rings. The van der Waals surface area contributed by atoms with Gasteiger partial charge in [0.1, 0.15) is 0 Å². The molecule has 0 radical (unpaired) electrons. The average Bonchev–Trinajstić information content (AvgIpc) is 3.06. The van der Waals surface area contributed by atoms with Crippen molar-refractivity contribution in [2.24, 2.45) is 0 Å². The Kier molecular flexibility index (Phi) is 4.07. The predicted molar refractivity (Wildman–Crippen MR) is 109 cm³/mol. The van der Waals surface area contributed by atoms with E-state index in [0.29, 0.717) is 27.9 Å². The Balaban J connectivity index is 1.85. The zero-order chi connectivity index (χ0) is 20.9. The van der Waals surface area contributed by atoms with Crippen molar-refractivity contribution in [2.45, 2.75) is 6.18 Å². The lowest BCUT2D eigenvalue weighted by Gasteiger charge is -2.15. The van der Waals surface area contributed by atoms with Gasteiger partial charge in [-0.3, -0.25) is 4.79 Å². The molecule has 0 saturated heterocycles. The molecule has 1 aliphatic carbocycles. The number of alkyl halides is 3. The van der Waals surface area contributed by atoms with Crippen LogP contribution in [0.25, 0.3) is 33.6 Å². The number of benzene rings is 3. The molecule has 0 atom stereocenters. The van der Waals surface area contributed by atoms with Crippen molar-refractivity contribution in [1.29, 1.82) is 0 Å². The maximum Gasteiger partial charge on any atom is 0.417 e. The van der Waals surface area contributed by atoms with Crippen LogP contribution in [0, 0.1) is 0 Å². The first-order valence-corrected chi connectivity index (χ1v) is 9.36. The van der Waals surface area contributed by atoms with Crippen molar-refractivity contribution < 1.29 is 18.0 Å². The first kappa shape index (κ1) is 18.3. The van der Waals surface area contributed by atoms with Gasteiger partial charge in [0.05, 0.1) is 22.5 Å². The molecule has 1 aromatic heterocycles. The topological polar surface area (TPSA) is 30.0 Å². The number of rotatable bonds is 2. The van der Waals surface area contributed by atoms with Gasteiger partial charge < -0.3 is 0 Å². The van der Waals surface area contributed by atoms with Crippen LogP contribution in [-0.2, 0) is 6.18 Å². The second-order valence-electron chi connectivity index (χ2n) is 7.06. The molecule has 5 heteroatoms. The molecule has 0 bridgehead atoms. The van der Waals surface area contributed by atoms with Crippen LogP contribution in [0.3, 0.4) is 0 Å². The van der Waals surface area contributed by atoms with E-state index in [4.69, 9.17) is 0 Å². The molecule has 0 unspecified atom stereocenters. The molecule has 0 N–H and O–H groups in total. The zero-order valence-corrected chi connectivity index (χ0v) is 15.6. The van der Waals surface area contributed by atoms with Crippen LogP contribution in [0.1, 0.15) is 21.5 Å². The van der Waals surface area contributed by atoms with Gasteiger partial charge in [0, 0.05) is 16.7 Å². The third-order valence-corrected chi connectivity index (χ3v) is 5.27. The molecule has 2 nitrogen and oxygen atoms in total. The summed E-state index contributed by atoms with van der Waals surface area (Å²) in [5.74, 6) is -0.164. The number of carbonyl (C=O) groups excluding carboxylic acids is 1. The van der Waals surface area contributed by atoms with Gasteiger partial charge in [-0.2, -0.15) is 13.2 Å². The Bertz CT molecular complexity index is 1290. The summed E-state index contributed by atoms with van der Waals surface area (Å²) in [6.07, 6.45) is -4.52. The van der Waals surface area contributed by atoms with Crippen LogP contribution in [0.15, 0.2) is 84.9 Å². The lowest BCUT2D eigenvalue weighted by molar-refractivity contribution is -0.137. The lowest BCUT2D eigenvalue weighted by Crippen LogP contribution is -2.08. The molecule has 0 spiro atoms. The number of aromatic nitrogens is 1. The molecule has 0 aliphatic heterocycles. The molecule has 146 valence electrons. The van der Waals surface area contributed by atoms with E-state index in [9.17, 15) is 18.0 Å². The summed E-state index contributed by atoms with van der Waals surface area (Å²) in [7, 11) is 0. The van der Waals surface area contributed by atoms with E-state index in [0.717, 1.165) is 11.6 Å². The normalized spacial score (nSPS) is 12.6. The van der Waals surface area contributed by atoms with E-state index in [1.165, 1.54) is 12.1 Å². The van der Waals surface area contributed by atoms with Gasteiger partial charge in [0.15, 0.2) is 5.78 Å². The van der Waals surface area contributed by atoms with Crippen LogP contribution >= 0.6 is 0 Å². The highest BCUT2D eigenvalue weighted by atomic mass is 19.4. The fraction of sp³-hybridized carbons (Fsp3) is 0.0400. The number of fused-ring (bicyclic) bond motifs is 3. The number of carbonyl (C=O) groups is 1. The van der Waals surface area contributed by atoms with Crippen molar-refractivity contribution in [3.63, 3.8) is 0 Å². The minimum Gasteiger partial charge on any atom is -0.288 e. The number of ketones is 1. The maximum atomic E-state index is 13.7. The Hall–Kier alpha value is -3.73. The lowest BCUT2D eigenvalue weighted by atomic mass is 9.94. The van der Waals surface area contributed by atoms with Gasteiger partial charge in [-0.25, -0.2) is 4.98 Å². The first-order valence-electron chi connectivity index (χ1n) is 9.36. The number of nitrogens with zero attached hydrogens (tertiary/aromatic N) is 1. The van der Waals surface area contributed by atoms with Gasteiger partial charge in [0.25, 0.3) is 0 Å². The second-order valence-corrected chi connectivity index (χ2v) is 7.06. The Morgan fingerprint density at radius 2 is 1.27 bits per heavy atom. The number of hydrogen-bond donors (Lipinski definition) is 0. The molecule has 1 aliphatic rings. The van der Waals surface area contributed by atoms with Crippen LogP contribution < -0.4 is 0 Å². The van der Waals surface area contributed by atoms with E-state index in [1.54, 1.807) is 36.4 Å². The predicted octanol–water partition coefficient (Wildman–Crippen LogP) is 6.65. The van der Waals surface area contributed by atoms with Crippen LogP contribution in [0.2, 0.25) is 0 Å². The Morgan fingerprint density at radius 1 is 0.667 bits per heavy atom. The molecule has 3 aromatic carbocycles.